The van der Waals surface area contributed by atoms with Crippen molar-refractivity contribution in [3.8, 4) is 0 Å². The Morgan fingerprint density at radius 2 is 1.69 bits per heavy atom. The van der Waals surface area contributed by atoms with Gasteiger partial charge in [0.1, 0.15) is 0 Å². The monoisotopic (exact) mass is 382 g/mol. The molecule has 1 aliphatic carbocycles. The molecule has 2 amide bonds. The Morgan fingerprint density at radius 1 is 1.00 bits per heavy atom. The first kappa shape index (κ1) is 18.3. The van der Waals surface area contributed by atoms with E-state index in [0.717, 1.165) is 25.0 Å². The van der Waals surface area contributed by atoms with Crippen molar-refractivity contribution in [3.63, 3.8) is 0 Å². The van der Waals surface area contributed by atoms with Gasteiger partial charge < -0.3 is 10.6 Å². The standard InChI is InChI=1S/C18H14ClF3N2O2/c19-15-9-11(7-8-13(15)17(26)23-10-5-6-10)24-16(25)12-3-1-2-4-14(12)18(20,21)22/h1-4,7-10H,5-6H2,(H,23,26)(H,24,25). The first-order valence-electron chi connectivity index (χ1n) is 7.83. The van der Waals surface area contributed by atoms with Crippen LogP contribution in [0.1, 0.15) is 39.1 Å². The fourth-order valence-corrected chi connectivity index (χ4v) is 2.66. The minimum Gasteiger partial charge on any atom is -0.349 e. The van der Waals surface area contributed by atoms with E-state index in [1.165, 1.54) is 30.3 Å². The molecule has 26 heavy (non-hydrogen) atoms. The summed E-state index contributed by atoms with van der Waals surface area (Å²) in [5.41, 5.74) is -1.08. The Labute approximate surface area is 152 Å². The minimum absolute atomic E-state index is 0.102. The lowest BCUT2D eigenvalue weighted by Crippen LogP contribution is -2.25. The molecule has 0 radical (unpaired) electrons. The van der Waals surface area contributed by atoms with Crippen LogP contribution in [0.3, 0.4) is 0 Å². The summed E-state index contributed by atoms with van der Waals surface area (Å²) in [6, 6.07) is 8.83. The maximum Gasteiger partial charge on any atom is 0.417 e. The van der Waals surface area contributed by atoms with Gasteiger partial charge in [-0.3, -0.25) is 9.59 Å². The van der Waals surface area contributed by atoms with Crippen LogP contribution in [0, 0.1) is 0 Å². The summed E-state index contributed by atoms with van der Waals surface area (Å²) in [5, 5.41) is 5.26. The average molecular weight is 383 g/mol. The highest BCUT2D eigenvalue weighted by Crippen LogP contribution is 2.32. The van der Waals surface area contributed by atoms with Crippen molar-refractivity contribution < 1.29 is 22.8 Å². The Morgan fingerprint density at radius 3 is 2.31 bits per heavy atom. The average Bonchev–Trinajstić information content (AvgIpc) is 3.38. The van der Waals surface area contributed by atoms with Gasteiger partial charge in [-0.25, -0.2) is 0 Å². The van der Waals surface area contributed by atoms with Gasteiger partial charge >= 0.3 is 6.18 Å². The van der Waals surface area contributed by atoms with Crippen LogP contribution in [0.5, 0.6) is 0 Å². The SMILES string of the molecule is O=C(NC1CC1)c1ccc(NC(=O)c2ccccc2C(F)(F)F)cc1Cl. The second kappa shape index (κ2) is 6.99. The Balaban J connectivity index is 1.78. The quantitative estimate of drug-likeness (QED) is 0.817. The molecule has 0 aromatic heterocycles. The lowest BCUT2D eigenvalue weighted by atomic mass is 10.1. The van der Waals surface area contributed by atoms with E-state index in [0.29, 0.717) is 0 Å². The van der Waals surface area contributed by atoms with E-state index in [-0.39, 0.29) is 28.2 Å². The second-order valence-corrected chi connectivity index (χ2v) is 6.35. The van der Waals surface area contributed by atoms with Gasteiger partial charge in [0.25, 0.3) is 11.8 Å². The molecule has 0 atom stereocenters. The number of carbonyl (C=O) groups is 2. The molecule has 1 fully saturated rings. The molecule has 2 N–H and O–H groups in total. The summed E-state index contributed by atoms with van der Waals surface area (Å²) in [5.74, 6) is -1.23. The van der Waals surface area contributed by atoms with E-state index in [1.54, 1.807) is 0 Å². The largest absolute Gasteiger partial charge is 0.417 e. The van der Waals surface area contributed by atoms with Crippen molar-refractivity contribution in [2.24, 2.45) is 0 Å². The third-order valence-corrected chi connectivity index (χ3v) is 4.17. The van der Waals surface area contributed by atoms with Crippen LogP contribution in [-0.2, 0) is 6.18 Å². The summed E-state index contributed by atoms with van der Waals surface area (Å²) in [4.78, 5) is 24.2. The Kier molecular flexibility index (Phi) is 4.91. The van der Waals surface area contributed by atoms with Gasteiger partial charge in [0.05, 0.1) is 21.7 Å². The summed E-state index contributed by atoms with van der Waals surface area (Å²) in [7, 11) is 0. The van der Waals surface area contributed by atoms with Gasteiger partial charge in [-0.2, -0.15) is 13.2 Å². The molecule has 8 heteroatoms. The van der Waals surface area contributed by atoms with E-state index in [9.17, 15) is 22.8 Å². The van der Waals surface area contributed by atoms with Crippen molar-refractivity contribution in [1.82, 2.24) is 5.32 Å². The van der Waals surface area contributed by atoms with Crippen molar-refractivity contribution in [1.29, 1.82) is 0 Å². The summed E-state index contributed by atoms with van der Waals surface area (Å²) in [6.07, 6.45) is -2.79. The van der Waals surface area contributed by atoms with Crippen LogP contribution in [-0.4, -0.2) is 17.9 Å². The number of nitrogens with one attached hydrogen (secondary N) is 2. The van der Waals surface area contributed by atoms with E-state index in [2.05, 4.69) is 10.6 Å². The van der Waals surface area contributed by atoms with Crippen LogP contribution in [0.2, 0.25) is 5.02 Å². The number of hydrogen-bond acceptors (Lipinski definition) is 2. The zero-order valence-electron chi connectivity index (χ0n) is 13.4. The molecule has 136 valence electrons. The van der Waals surface area contributed by atoms with Crippen LogP contribution < -0.4 is 10.6 Å². The molecule has 2 aromatic rings. The number of rotatable bonds is 4. The van der Waals surface area contributed by atoms with Crippen molar-refractivity contribution >= 4 is 29.1 Å². The number of amides is 2. The number of alkyl halides is 3. The minimum atomic E-state index is -4.64. The van der Waals surface area contributed by atoms with E-state index >= 15 is 0 Å². The smallest absolute Gasteiger partial charge is 0.349 e. The fraction of sp³-hybridized carbons (Fsp3) is 0.222. The Hall–Kier alpha value is -2.54. The van der Waals surface area contributed by atoms with Gasteiger partial charge in [0, 0.05) is 11.7 Å². The summed E-state index contributed by atoms with van der Waals surface area (Å²) >= 11 is 6.07. The van der Waals surface area contributed by atoms with Crippen LogP contribution in [0.4, 0.5) is 18.9 Å². The first-order valence-corrected chi connectivity index (χ1v) is 8.21. The Bertz CT molecular complexity index is 864. The molecule has 2 aromatic carbocycles. The zero-order chi connectivity index (χ0) is 18.9. The molecule has 0 bridgehead atoms. The van der Waals surface area contributed by atoms with E-state index in [4.69, 9.17) is 11.6 Å². The number of benzene rings is 2. The summed E-state index contributed by atoms with van der Waals surface area (Å²) in [6.45, 7) is 0. The second-order valence-electron chi connectivity index (χ2n) is 5.94. The maximum atomic E-state index is 13.0. The third-order valence-electron chi connectivity index (χ3n) is 3.86. The lowest BCUT2D eigenvalue weighted by Gasteiger charge is -2.13. The molecule has 0 heterocycles. The van der Waals surface area contributed by atoms with Crippen molar-refractivity contribution in [3.05, 3.63) is 64.2 Å². The zero-order valence-corrected chi connectivity index (χ0v) is 14.1. The van der Waals surface area contributed by atoms with Gasteiger partial charge in [0.2, 0.25) is 0 Å². The molecule has 0 aliphatic heterocycles. The first-order chi connectivity index (χ1) is 12.3. The molecular formula is C18H14ClF3N2O2. The fourth-order valence-electron chi connectivity index (χ4n) is 2.39. The maximum absolute atomic E-state index is 13.0. The number of halogens is 4. The van der Waals surface area contributed by atoms with E-state index in [1.807, 2.05) is 0 Å². The highest BCUT2D eigenvalue weighted by molar-refractivity contribution is 6.34. The van der Waals surface area contributed by atoms with Gasteiger partial charge in [-0.05, 0) is 43.2 Å². The predicted octanol–water partition coefficient (Wildman–Crippen LogP) is 4.50. The number of anilines is 1. The highest BCUT2D eigenvalue weighted by atomic mass is 35.5. The topological polar surface area (TPSA) is 58.2 Å². The summed E-state index contributed by atoms with van der Waals surface area (Å²) < 4.78 is 39.1. The molecule has 3 rings (SSSR count). The highest BCUT2D eigenvalue weighted by Gasteiger charge is 2.34. The molecule has 1 saturated carbocycles. The molecule has 0 spiro atoms. The number of hydrogen-bond donors (Lipinski definition) is 2. The van der Waals surface area contributed by atoms with Gasteiger partial charge in [-0.1, -0.05) is 23.7 Å². The van der Waals surface area contributed by atoms with Crippen molar-refractivity contribution in [2.75, 3.05) is 5.32 Å². The van der Waals surface area contributed by atoms with E-state index < -0.39 is 23.2 Å². The number of carbonyl (C=O) groups excluding carboxylic acids is 2. The molecular weight excluding hydrogens is 369 g/mol. The van der Waals surface area contributed by atoms with Crippen LogP contribution in [0.25, 0.3) is 0 Å². The van der Waals surface area contributed by atoms with Crippen molar-refractivity contribution in [2.45, 2.75) is 25.1 Å². The predicted molar refractivity (Wildman–Crippen MR) is 91.3 cm³/mol. The normalized spacial score (nSPS) is 14.0. The third kappa shape index (κ3) is 4.16. The lowest BCUT2D eigenvalue weighted by molar-refractivity contribution is -0.137. The molecule has 1 aliphatic rings. The van der Waals surface area contributed by atoms with Gasteiger partial charge in [0.15, 0.2) is 0 Å². The molecule has 4 nitrogen and oxygen atoms in total. The molecule has 0 unspecified atom stereocenters. The van der Waals surface area contributed by atoms with Crippen LogP contribution in [0.15, 0.2) is 42.5 Å². The van der Waals surface area contributed by atoms with Gasteiger partial charge in [-0.15, -0.1) is 0 Å². The van der Waals surface area contributed by atoms with Crippen LogP contribution >= 0.6 is 11.6 Å². The molecule has 0 saturated heterocycles.